The van der Waals surface area contributed by atoms with Gasteiger partial charge in [0.2, 0.25) is 0 Å². The van der Waals surface area contributed by atoms with Gasteiger partial charge in [-0.1, -0.05) is 12.1 Å². The lowest BCUT2D eigenvalue weighted by Crippen LogP contribution is -2.37. The molecule has 0 heterocycles. The molecule has 0 spiro atoms. The van der Waals surface area contributed by atoms with Gasteiger partial charge in [0.25, 0.3) is 0 Å². The number of ether oxygens (including phenoxy) is 2. The molecule has 0 radical (unpaired) electrons. The first-order valence-corrected chi connectivity index (χ1v) is 6.49. The van der Waals surface area contributed by atoms with Gasteiger partial charge in [0.15, 0.2) is 0 Å². The average Bonchev–Trinajstić information content (AvgIpc) is 2.34. The Morgan fingerprint density at radius 2 is 2.17 bits per heavy atom. The smallest absolute Gasteiger partial charge is 0.411 e. The summed E-state index contributed by atoms with van der Waals surface area (Å²) in [6.45, 7) is 2.23. The van der Waals surface area contributed by atoms with Gasteiger partial charge in [-0.2, -0.15) is 0 Å². The predicted octanol–water partition coefficient (Wildman–Crippen LogP) is 2.78. The Balaban J connectivity index is 2.78. The molecule has 0 fully saturated rings. The molecule has 0 aliphatic carbocycles. The summed E-state index contributed by atoms with van der Waals surface area (Å²) in [6, 6.07) is 7.33. The van der Waals surface area contributed by atoms with E-state index in [1.165, 1.54) is 12.0 Å². The van der Waals surface area contributed by atoms with E-state index < -0.39 is 6.09 Å². The highest BCUT2D eigenvalue weighted by Crippen LogP contribution is 2.22. The van der Waals surface area contributed by atoms with Crippen molar-refractivity contribution in [3.05, 3.63) is 27.8 Å². The van der Waals surface area contributed by atoms with Gasteiger partial charge in [0, 0.05) is 10.7 Å². The summed E-state index contributed by atoms with van der Waals surface area (Å²) in [5.74, 6) is 0. The van der Waals surface area contributed by atoms with E-state index in [4.69, 9.17) is 9.47 Å². The molecule has 1 amide bonds. The number of nitrogens with zero attached hydrogens (tertiary/aromatic N) is 1. The predicted molar refractivity (Wildman–Crippen MR) is 77.0 cm³/mol. The zero-order valence-corrected chi connectivity index (χ0v) is 12.5. The summed E-state index contributed by atoms with van der Waals surface area (Å²) in [5, 5.41) is 9.26. The molecule has 1 rings (SSSR count). The summed E-state index contributed by atoms with van der Waals surface area (Å²) in [7, 11) is 1.53. The first-order chi connectivity index (χ1) is 8.56. The first-order valence-electron chi connectivity index (χ1n) is 5.41. The van der Waals surface area contributed by atoms with E-state index in [2.05, 4.69) is 22.6 Å². The maximum Gasteiger partial charge on any atom is 0.411 e. The van der Waals surface area contributed by atoms with Crippen molar-refractivity contribution in [1.82, 2.24) is 0 Å². The lowest BCUT2D eigenvalue weighted by atomic mass is 10.2. The van der Waals surface area contributed by atoms with Crippen molar-refractivity contribution in [2.45, 2.75) is 13.0 Å². The van der Waals surface area contributed by atoms with Crippen LogP contribution in [0.15, 0.2) is 24.3 Å². The van der Waals surface area contributed by atoms with E-state index in [0.717, 1.165) is 3.57 Å². The van der Waals surface area contributed by atoms with Gasteiger partial charge < -0.3 is 14.6 Å². The fourth-order valence-electron chi connectivity index (χ4n) is 1.44. The number of carbonyl (C=O) groups is 1. The topological polar surface area (TPSA) is 59.0 Å². The number of rotatable bonds is 6. The van der Waals surface area contributed by atoms with Crippen molar-refractivity contribution in [3.8, 4) is 0 Å². The van der Waals surface area contributed by atoms with Crippen LogP contribution in [0.1, 0.15) is 6.92 Å². The van der Waals surface area contributed by atoms with Gasteiger partial charge in [-0.15, -0.1) is 0 Å². The van der Waals surface area contributed by atoms with E-state index in [1.807, 2.05) is 25.1 Å². The number of hydrogen-bond acceptors (Lipinski definition) is 3. The third-order valence-corrected chi connectivity index (χ3v) is 3.20. The van der Waals surface area contributed by atoms with Crippen molar-refractivity contribution >= 4 is 34.4 Å². The molecule has 1 aromatic rings. The van der Waals surface area contributed by atoms with E-state index >= 15 is 0 Å². The van der Waals surface area contributed by atoms with Crippen LogP contribution in [0.25, 0.3) is 0 Å². The number of anilines is 1. The van der Waals surface area contributed by atoms with Gasteiger partial charge in [0.1, 0.15) is 6.79 Å². The summed E-state index contributed by atoms with van der Waals surface area (Å²) in [4.78, 5) is 12.6. The molecule has 0 unspecified atom stereocenters. The Morgan fingerprint density at radius 3 is 2.72 bits per heavy atom. The zero-order chi connectivity index (χ0) is 13.5. The average molecular weight is 365 g/mol. The highest BCUT2D eigenvalue weighted by atomic mass is 127. The zero-order valence-electron chi connectivity index (χ0n) is 10.3. The third-order valence-electron chi connectivity index (χ3n) is 2.28. The maximum absolute atomic E-state index is 11.3. The van der Waals surface area contributed by atoms with Gasteiger partial charge in [-0.3, -0.25) is 4.90 Å². The molecule has 1 atom stereocenters. The molecule has 1 aromatic carbocycles. The van der Waals surface area contributed by atoms with Crippen molar-refractivity contribution in [2.24, 2.45) is 0 Å². The molecule has 0 aromatic heterocycles. The number of para-hydroxylation sites is 1. The SMILES string of the molecule is COCO[C@@H](C)CN(C(=O)O)c1ccccc1I. The second-order valence-electron chi connectivity index (χ2n) is 3.73. The normalized spacial score (nSPS) is 12.2. The van der Waals surface area contributed by atoms with Crippen LogP contribution in [0.3, 0.4) is 0 Å². The molecule has 0 aliphatic rings. The minimum absolute atomic E-state index is 0.153. The van der Waals surface area contributed by atoms with Crippen LogP contribution in [0.4, 0.5) is 10.5 Å². The minimum Gasteiger partial charge on any atom is -0.465 e. The second-order valence-corrected chi connectivity index (χ2v) is 4.89. The van der Waals surface area contributed by atoms with Crippen LogP contribution in [0.5, 0.6) is 0 Å². The second kappa shape index (κ2) is 7.55. The quantitative estimate of drug-likeness (QED) is 0.622. The summed E-state index contributed by atoms with van der Waals surface area (Å²) in [6.07, 6.45) is -1.23. The lowest BCUT2D eigenvalue weighted by molar-refractivity contribution is -0.0619. The van der Waals surface area contributed by atoms with E-state index in [9.17, 15) is 9.90 Å². The number of benzene rings is 1. The largest absolute Gasteiger partial charge is 0.465 e. The Bertz CT molecular complexity index is 399. The van der Waals surface area contributed by atoms with E-state index in [1.54, 1.807) is 6.07 Å². The van der Waals surface area contributed by atoms with Gasteiger partial charge in [-0.05, 0) is 41.6 Å². The molecule has 5 nitrogen and oxygen atoms in total. The van der Waals surface area contributed by atoms with Crippen LogP contribution in [0.2, 0.25) is 0 Å². The molecular formula is C12H16INO4. The molecule has 6 heteroatoms. The van der Waals surface area contributed by atoms with Gasteiger partial charge >= 0.3 is 6.09 Å². The van der Waals surface area contributed by atoms with Gasteiger partial charge in [0.05, 0.1) is 18.3 Å². The van der Waals surface area contributed by atoms with Crippen molar-refractivity contribution in [2.75, 3.05) is 25.3 Å². The molecule has 0 bridgehead atoms. The summed E-state index contributed by atoms with van der Waals surface area (Å²) < 4.78 is 11.0. The third kappa shape index (κ3) is 4.43. The Hall–Kier alpha value is -0.860. The molecule has 1 N–H and O–H groups in total. The fourth-order valence-corrected chi connectivity index (χ4v) is 2.12. The number of methoxy groups -OCH3 is 1. The summed E-state index contributed by atoms with van der Waals surface area (Å²) in [5.41, 5.74) is 0.665. The molecule has 0 saturated heterocycles. The van der Waals surface area contributed by atoms with Crippen LogP contribution >= 0.6 is 22.6 Å². The Labute approximate surface area is 120 Å². The standard InChI is InChI=1S/C12H16INO4/c1-9(18-8-17-2)7-14(12(15)16)11-6-4-3-5-10(11)13/h3-6,9H,7-8H2,1-2H3,(H,15,16)/t9-/m0/s1. The molecule has 100 valence electrons. The van der Waals surface area contributed by atoms with Crippen LogP contribution in [-0.2, 0) is 9.47 Å². The van der Waals surface area contributed by atoms with Crippen LogP contribution < -0.4 is 4.90 Å². The monoisotopic (exact) mass is 365 g/mol. The van der Waals surface area contributed by atoms with Crippen LogP contribution in [0, 0.1) is 3.57 Å². The Morgan fingerprint density at radius 1 is 1.50 bits per heavy atom. The molecule has 18 heavy (non-hydrogen) atoms. The summed E-state index contributed by atoms with van der Waals surface area (Å²) >= 11 is 2.11. The van der Waals surface area contributed by atoms with Crippen molar-refractivity contribution in [3.63, 3.8) is 0 Å². The highest BCUT2D eigenvalue weighted by Gasteiger charge is 2.19. The molecule has 0 saturated carbocycles. The fraction of sp³-hybridized carbons (Fsp3) is 0.417. The van der Waals surface area contributed by atoms with E-state index in [-0.39, 0.29) is 19.4 Å². The van der Waals surface area contributed by atoms with Crippen molar-refractivity contribution in [1.29, 1.82) is 0 Å². The van der Waals surface area contributed by atoms with Crippen molar-refractivity contribution < 1.29 is 19.4 Å². The molecule has 0 aliphatic heterocycles. The maximum atomic E-state index is 11.3. The minimum atomic E-state index is -0.994. The number of halogens is 1. The van der Waals surface area contributed by atoms with E-state index in [0.29, 0.717) is 5.69 Å². The Kier molecular flexibility index (Phi) is 6.37. The lowest BCUT2D eigenvalue weighted by Gasteiger charge is -2.24. The van der Waals surface area contributed by atoms with Gasteiger partial charge in [-0.25, -0.2) is 4.79 Å². The molecular weight excluding hydrogens is 349 g/mol. The number of hydrogen-bond donors (Lipinski definition) is 1. The highest BCUT2D eigenvalue weighted by molar-refractivity contribution is 14.1. The number of amides is 1. The number of carboxylic acid groups (broad SMARTS) is 1. The van der Waals surface area contributed by atoms with Crippen LogP contribution in [-0.4, -0.2) is 37.8 Å². The first kappa shape index (κ1) is 15.2.